The van der Waals surface area contributed by atoms with E-state index >= 15 is 0 Å². The van der Waals surface area contributed by atoms with Crippen molar-refractivity contribution in [1.29, 1.82) is 0 Å². The maximum Gasteiger partial charge on any atom is 0.222 e. The Labute approximate surface area is 191 Å². The zero-order valence-corrected chi connectivity index (χ0v) is 19.6. The van der Waals surface area contributed by atoms with Crippen molar-refractivity contribution in [3.05, 3.63) is 70.8 Å². The Hall–Kier alpha value is -2.09. The van der Waals surface area contributed by atoms with E-state index in [9.17, 15) is 4.79 Å². The number of likely N-dealkylation sites (tertiary alicyclic amines) is 1. The minimum atomic E-state index is 0. The van der Waals surface area contributed by atoms with Crippen molar-refractivity contribution in [1.82, 2.24) is 15.5 Å². The number of nitrogens with zero attached hydrogens (tertiary/aromatic N) is 2. The molecule has 0 atom stereocenters. The number of hydrogen-bond acceptors (Lipinski definition) is 2. The Morgan fingerprint density at radius 3 is 2.38 bits per heavy atom. The van der Waals surface area contributed by atoms with E-state index < -0.39 is 0 Å². The van der Waals surface area contributed by atoms with E-state index in [4.69, 9.17) is 4.99 Å². The second-order valence-corrected chi connectivity index (χ2v) is 7.16. The van der Waals surface area contributed by atoms with Crippen LogP contribution in [-0.2, 0) is 24.4 Å². The summed E-state index contributed by atoms with van der Waals surface area (Å²) in [5.74, 6) is 1.06. The van der Waals surface area contributed by atoms with E-state index in [1.54, 1.807) is 0 Å². The van der Waals surface area contributed by atoms with Gasteiger partial charge in [-0.15, -0.1) is 24.0 Å². The van der Waals surface area contributed by atoms with E-state index in [-0.39, 0.29) is 29.9 Å². The van der Waals surface area contributed by atoms with Crippen LogP contribution < -0.4 is 10.6 Å². The third kappa shape index (κ3) is 6.73. The fourth-order valence-corrected chi connectivity index (χ4v) is 3.44. The van der Waals surface area contributed by atoms with Gasteiger partial charge in [-0.25, -0.2) is 4.99 Å². The molecule has 1 aliphatic rings. The molecule has 0 radical (unpaired) electrons. The van der Waals surface area contributed by atoms with Gasteiger partial charge in [0.2, 0.25) is 5.91 Å². The molecule has 0 spiro atoms. The Kier molecular flexibility index (Phi) is 9.44. The van der Waals surface area contributed by atoms with Crippen LogP contribution in [0.5, 0.6) is 0 Å². The van der Waals surface area contributed by atoms with Crippen molar-refractivity contribution in [3.63, 3.8) is 0 Å². The van der Waals surface area contributed by atoms with Crippen LogP contribution in [0.15, 0.2) is 53.5 Å². The van der Waals surface area contributed by atoms with Crippen LogP contribution in [0.4, 0.5) is 0 Å². The number of guanidine groups is 1. The van der Waals surface area contributed by atoms with Crippen LogP contribution in [-0.4, -0.2) is 29.9 Å². The van der Waals surface area contributed by atoms with Gasteiger partial charge in [0, 0.05) is 32.6 Å². The number of aliphatic imine (C=N–C) groups is 1. The second kappa shape index (κ2) is 11.8. The summed E-state index contributed by atoms with van der Waals surface area (Å²) in [5.41, 5.74) is 4.87. The molecule has 1 saturated heterocycles. The minimum absolute atomic E-state index is 0. The smallest absolute Gasteiger partial charge is 0.222 e. The van der Waals surface area contributed by atoms with E-state index in [0.717, 1.165) is 37.6 Å². The van der Waals surface area contributed by atoms with Crippen LogP contribution in [0.1, 0.15) is 42.0 Å². The lowest BCUT2D eigenvalue weighted by Gasteiger charge is -2.18. The Morgan fingerprint density at radius 1 is 1.03 bits per heavy atom. The van der Waals surface area contributed by atoms with Crippen LogP contribution in [0, 0.1) is 6.92 Å². The zero-order valence-electron chi connectivity index (χ0n) is 17.3. The highest BCUT2D eigenvalue weighted by molar-refractivity contribution is 14.0. The summed E-state index contributed by atoms with van der Waals surface area (Å²) in [6, 6.07) is 16.6. The average Bonchev–Trinajstić information content (AvgIpc) is 3.11. The lowest BCUT2D eigenvalue weighted by Crippen LogP contribution is -2.37. The molecule has 5 nitrogen and oxygen atoms in total. The summed E-state index contributed by atoms with van der Waals surface area (Å²) in [6.45, 7) is 7.86. The standard InChI is InChI=1S/C23H30N4O.HI/c1-3-24-23(25-15-19-10-5-4-9-18(19)2)26-16-20-11-6-7-12-21(20)17-27-14-8-13-22(27)28;/h4-7,9-12H,3,8,13-17H2,1-2H3,(H2,24,25,26);1H. The van der Waals surface area contributed by atoms with Crippen molar-refractivity contribution in [2.45, 2.75) is 46.3 Å². The van der Waals surface area contributed by atoms with Gasteiger partial charge in [-0.1, -0.05) is 48.5 Å². The molecule has 1 aliphatic heterocycles. The van der Waals surface area contributed by atoms with Crippen LogP contribution in [0.3, 0.4) is 0 Å². The van der Waals surface area contributed by atoms with Gasteiger partial charge in [0.15, 0.2) is 5.96 Å². The number of aryl methyl sites for hydroxylation is 1. The second-order valence-electron chi connectivity index (χ2n) is 7.16. The Morgan fingerprint density at radius 2 is 1.72 bits per heavy atom. The van der Waals surface area contributed by atoms with Crippen LogP contribution >= 0.6 is 24.0 Å². The normalized spacial score (nSPS) is 13.9. The van der Waals surface area contributed by atoms with E-state index in [1.807, 2.05) is 17.0 Å². The maximum atomic E-state index is 12.0. The highest BCUT2D eigenvalue weighted by Gasteiger charge is 2.20. The monoisotopic (exact) mass is 506 g/mol. The van der Waals surface area contributed by atoms with Gasteiger partial charge in [-0.3, -0.25) is 4.79 Å². The van der Waals surface area contributed by atoms with Gasteiger partial charge in [-0.2, -0.15) is 0 Å². The summed E-state index contributed by atoms with van der Waals surface area (Å²) < 4.78 is 0. The number of nitrogens with one attached hydrogen (secondary N) is 2. The quantitative estimate of drug-likeness (QED) is 0.339. The van der Waals surface area contributed by atoms with Crippen molar-refractivity contribution in [2.75, 3.05) is 13.1 Å². The molecular weight excluding hydrogens is 475 g/mol. The molecule has 1 amide bonds. The van der Waals surface area contributed by atoms with E-state index in [2.05, 4.69) is 60.9 Å². The van der Waals surface area contributed by atoms with E-state index in [0.29, 0.717) is 19.5 Å². The summed E-state index contributed by atoms with van der Waals surface area (Å²) in [6.07, 6.45) is 1.64. The van der Waals surface area contributed by atoms with Crippen molar-refractivity contribution in [2.24, 2.45) is 4.99 Å². The van der Waals surface area contributed by atoms with Crippen molar-refractivity contribution >= 4 is 35.8 Å². The fraction of sp³-hybridized carbons (Fsp3) is 0.391. The number of carbonyl (C=O) groups excluding carboxylic acids is 1. The summed E-state index contributed by atoms with van der Waals surface area (Å²) in [4.78, 5) is 18.7. The number of amides is 1. The molecule has 1 heterocycles. The average molecular weight is 506 g/mol. The maximum absolute atomic E-state index is 12.0. The molecule has 6 heteroatoms. The van der Waals surface area contributed by atoms with E-state index in [1.165, 1.54) is 16.7 Å². The molecule has 2 aromatic rings. The van der Waals surface area contributed by atoms with Crippen molar-refractivity contribution in [3.8, 4) is 0 Å². The minimum Gasteiger partial charge on any atom is -0.357 e. The first-order chi connectivity index (χ1) is 13.7. The molecule has 0 aromatic heterocycles. The van der Waals surface area contributed by atoms with Gasteiger partial charge in [0.25, 0.3) is 0 Å². The first kappa shape index (κ1) is 23.2. The van der Waals surface area contributed by atoms with Gasteiger partial charge < -0.3 is 15.5 Å². The largest absolute Gasteiger partial charge is 0.357 e. The highest BCUT2D eigenvalue weighted by Crippen LogP contribution is 2.18. The summed E-state index contributed by atoms with van der Waals surface area (Å²) >= 11 is 0. The molecule has 0 unspecified atom stereocenters. The van der Waals surface area contributed by atoms with Crippen LogP contribution in [0.25, 0.3) is 0 Å². The number of rotatable bonds is 7. The molecule has 1 fully saturated rings. The molecule has 0 bridgehead atoms. The third-order valence-electron chi connectivity index (χ3n) is 5.11. The molecule has 3 rings (SSSR count). The van der Waals surface area contributed by atoms with Crippen molar-refractivity contribution < 1.29 is 4.79 Å². The number of carbonyl (C=O) groups is 1. The lowest BCUT2D eigenvalue weighted by atomic mass is 10.1. The molecule has 156 valence electrons. The van der Waals surface area contributed by atoms with Gasteiger partial charge in [-0.05, 0) is 42.5 Å². The zero-order chi connectivity index (χ0) is 19.8. The number of benzene rings is 2. The van der Waals surface area contributed by atoms with Gasteiger partial charge in [0.05, 0.1) is 6.54 Å². The van der Waals surface area contributed by atoms with Crippen LogP contribution in [0.2, 0.25) is 0 Å². The summed E-state index contributed by atoms with van der Waals surface area (Å²) in [7, 11) is 0. The first-order valence-corrected chi connectivity index (χ1v) is 10.1. The molecule has 0 aliphatic carbocycles. The molecule has 2 N–H and O–H groups in total. The highest BCUT2D eigenvalue weighted by atomic mass is 127. The summed E-state index contributed by atoms with van der Waals surface area (Å²) in [5, 5.41) is 6.74. The van der Waals surface area contributed by atoms with Gasteiger partial charge in [0.1, 0.15) is 0 Å². The SMILES string of the molecule is CCNC(=NCc1ccccc1CN1CCCC1=O)NCc1ccccc1C.I. The molecule has 0 saturated carbocycles. The predicted molar refractivity (Wildman–Crippen MR) is 129 cm³/mol. The number of halogens is 1. The molecule has 2 aromatic carbocycles. The third-order valence-corrected chi connectivity index (χ3v) is 5.11. The number of hydrogen-bond donors (Lipinski definition) is 2. The Bertz CT molecular complexity index is 837. The van der Waals surface area contributed by atoms with Gasteiger partial charge >= 0.3 is 0 Å². The topological polar surface area (TPSA) is 56.7 Å². The fourth-order valence-electron chi connectivity index (χ4n) is 3.44. The molecule has 29 heavy (non-hydrogen) atoms. The Balaban J connectivity index is 0.00000300. The lowest BCUT2D eigenvalue weighted by molar-refractivity contribution is -0.128. The first-order valence-electron chi connectivity index (χ1n) is 10.1. The molecular formula is C23H31IN4O. The predicted octanol–water partition coefficient (Wildman–Crippen LogP) is 3.99.